The van der Waals surface area contributed by atoms with Crippen molar-refractivity contribution in [3.05, 3.63) is 59.1 Å². The van der Waals surface area contributed by atoms with Gasteiger partial charge in [-0.25, -0.2) is 0 Å². The van der Waals surface area contributed by atoms with E-state index >= 15 is 0 Å². The van der Waals surface area contributed by atoms with Crippen molar-refractivity contribution in [1.29, 1.82) is 0 Å². The minimum atomic E-state index is -0.651. The highest BCUT2D eigenvalue weighted by Crippen LogP contribution is 2.17. The lowest BCUT2D eigenvalue weighted by molar-refractivity contribution is -0.142. The van der Waals surface area contributed by atoms with Crippen LogP contribution in [0.25, 0.3) is 0 Å². The fourth-order valence-corrected chi connectivity index (χ4v) is 2.86. The van der Waals surface area contributed by atoms with Crippen LogP contribution in [0.3, 0.4) is 0 Å². The number of amides is 2. The Morgan fingerprint density at radius 1 is 1.03 bits per heavy atom. The lowest BCUT2D eigenvalue weighted by Crippen LogP contribution is -2.50. The van der Waals surface area contributed by atoms with Crippen molar-refractivity contribution in [2.75, 3.05) is 13.7 Å². The minimum Gasteiger partial charge on any atom is -0.497 e. The van der Waals surface area contributed by atoms with Crippen molar-refractivity contribution in [2.24, 2.45) is 0 Å². The molecule has 1 N–H and O–H groups in total. The molecule has 30 heavy (non-hydrogen) atoms. The molecule has 0 aliphatic heterocycles. The second kappa shape index (κ2) is 11.5. The molecule has 2 aromatic carbocycles. The predicted octanol–water partition coefficient (Wildman–Crippen LogP) is 4.06. The van der Waals surface area contributed by atoms with E-state index in [2.05, 4.69) is 5.32 Å². The van der Waals surface area contributed by atoms with Crippen LogP contribution in [0.4, 0.5) is 0 Å². The maximum Gasteiger partial charge on any atom is 0.261 e. The first kappa shape index (κ1) is 23.5. The molecule has 0 aromatic heterocycles. The summed E-state index contributed by atoms with van der Waals surface area (Å²) in [5, 5.41) is 3.53. The van der Waals surface area contributed by atoms with Gasteiger partial charge in [-0.2, -0.15) is 0 Å². The molecule has 0 saturated heterocycles. The molecule has 0 aliphatic rings. The molecule has 2 amide bonds. The molecular weight excluding hydrogens is 404 g/mol. The second-order valence-corrected chi connectivity index (χ2v) is 7.54. The van der Waals surface area contributed by atoms with E-state index in [-0.39, 0.29) is 31.0 Å². The number of nitrogens with one attached hydrogen (secondary N) is 1. The van der Waals surface area contributed by atoms with E-state index < -0.39 is 6.04 Å². The third-order valence-electron chi connectivity index (χ3n) is 4.86. The van der Waals surface area contributed by atoms with Gasteiger partial charge in [0.05, 0.1) is 7.11 Å². The standard InChI is InChI=1S/C23H29ClN2O4/c1-5-16(2)25-23(28)17(3)26(14-18-6-10-20(29-4)11-7-18)22(27)15-30-21-12-8-19(24)9-13-21/h6-13,16-17H,5,14-15H2,1-4H3,(H,25,28)/t16-,17-/m0/s1. The third-order valence-corrected chi connectivity index (χ3v) is 5.11. The van der Waals surface area contributed by atoms with Gasteiger partial charge < -0.3 is 19.7 Å². The van der Waals surface area contributed by atoms with Crippen LogP contribution < -0.4 is 14.8 Å². The van der Waals surface area contributed by atoms with Crippen molar-refractivity contribution >= 4 is 23.4 Å². The van der Waals surface area contributed by atoms with E-state index in [1.54, 1.807) is 38.3 Å². The molecular formula is C23H29ClN2O4. The number of methoxy groups -OCH3 is 1. The first-order valence-electron chi connectivity index (χ1n) is 9.95. The van der Waals surface area contributed by atoms with E-state index in [9.17, 15) is 9.59 Å². The molecule has 2 rings (SSSR count). The van der Waals surface area contributed by atoms with Gasteiger partial charge >= 0.3 is 0 Å². The van der Waals surface area contributed by atoms with Crippen molar-refractivity contribution in [3.8, 4) is 11.5 Å². The topological polar surface area (TPSA) is 67.9 Å². The number of hydrogen-bond donors (Lipinski definition) is 1. The normalized spacial score (nSPS) is 12.6. The van der Waals surface area contributed by atoms with Gasteiger partial charge in [-0.1, -0.05) is 30.7 Å². The van der Waals surface area contributed by atoms with Crippen molar-refractivity contribution < 1.29 is 19.1 Å². The summed E-state index contributed by atoms with van der Waals surface area (Å²) in [7, 11) is 1.60. The lowest BCUT2D eigenvalue weighted by atomic mass is 10.1. The van der Waals surface area contributed by atoms with Crippen LogP contribution in [0.5, 0.6) is 11.5 Å². The van der Waals surface area contributed by atoms with E-state index in [0.717, 1.165) is 17.7 Å². The van der Waals surface area contributed by atoms with Crippen LogP contribution in [-0.4, -0.2) is 42.5 Å². The van der Waals surface area contributed by atoms with E-state index in [4.69, 9.17) is 21.1 Å². The average molecular weight is 433 g/mol. The van der Waals surface area contributed by atoms with Crippen LogP contribution >= 0.6 is 11.6 Å². The maximum absolute atomic E-state index is 13.0. The van der Waals surface area contributed by atoms with Gasteiger partial charge in [0.2, 0.25) is 5.91 Å². The average Bonchev–Trinajstić information content (AvgIpc) is 2.76. The molecule has 0 heterocycles. The molecule has 0 radical (unpaired) electrons. The Bertz CT molecular complexity index is 824. The number of ether oxygens (including phenoxy) is 2. The highest BCUT2D eigenvalue weighted by molar-refractivity contribution is 6.30. The van der Waals surface area contributed by atoms with Gasteiger partial charge in [-0.3, -0.25) is 9.59 Å². The van der Waals surface area contributed by atoms with E-state index in [1.807, 2.05) is 38.1 Å². The van der Waals surface area contributed by atoms with E-state index in [0.29, 0.717) is 10.8 Å². The van der Waals surface area contributed by atoms with Crippen molar-refractivity contribution in [2.45, 2.75) is 45.8 Å². The van der Waals surface area contributed by atoms with Crippen molar-refractivity contribution in [1.82, 2.24) is 10.2 Å². The number of benzene rings is 2. The number of rotatable bonds is 10. The fourth-order valence-electron chi connectivity index (χ4n) is 2.73. The SMILES string of the molecule is CC[C@H](C)NC(=O)[C@H](C)N(Cc1ccc(OC)cc1)C(=O)COc1ccc(Cl)cc1. The third kappa shape index (κ3) is 6.95. The molecule has 2 aromatic rings. The Morgan fingerprint density at radius 3 is 2.20 bits per heavy atom. The van der Waals surface area contributed by atoms with Gasteiger partial charge in [0.15, 0.2) is 6.61 Å². The molecule has 2 atom stereocenters. The molecule has 0 saturated carbocycles. The Balaban J connectivity index is 2.14. The van der Waals surface area contributed by atoms with Gasteiger partial charge in [0.25, 0.3) is 5.91 Å². The summed E-state index contributed by atoms with van der Waals surface area (Å²) in [6, 6.07) is 13.6. The first-order chi connectivity index (χ1) is 14.3. The minimum absolute atomic E-state index is 0.0307. The maximum atomic E-state index is 13.0. The highest BCUT2D eigenvalue weighted by atomic mass is 35.5. The second-order valence-electron chi connectivity index (χ2n) is 7.11. The van der Waals surface area contributed by atoms with Gasteiger partial charge in [0, 0.05) is 17.6 Å². The fraction of sp³-hybridized carbons (Fsp3) is 0.391. The van der Waals surface area contributed by atoms with Gasteiger partial charge in [0.1, 0.15) is 17.5 Å². The zero-order valence-electron chi connectivity index (χ0n) is 17.9. The Kier molecular flexibility index (Phi) is 8.99. The summed E-state index contributed by atoms with van der Waals surface area (Å²) in [6.45, 7) is 5.75. The van der Waals surface area contributed by atoms with Crippen LogP contribution in [0, 0.1) is 0 Å². The number of hydrogen-bond acceptors (Lipinski definition) is 4. The Hall–Kier alpha value is -2.73. The van der Waals surface area contributed by atoms with Gasteiger partial charge in [-0.05, 0) is 62.2 Å². The summed E-state index contributed by atoms with van der Waals surface area (Å²) >= 11 is 5.88. The number of carbonyl (C=O) groups excluding carboxylic acids is 2. The van der Waals surface area contributed by atoms with Gasteiger partial charge in [-0.15, -0.1) is 0 Å². The van der Waals surface area contributed by atoms with E-state index in [1.165, 1.54) is 4.90 Å². The quantitative estimate of drug-likeness (QED) is 0.614. The van der Waals surface area contributed by atoms with Crippen LogP contribution in [0.2, 0.25) is 5.02 Å². The zero-order chi connectivity index (χ0) is 22.1. The number of nitrogens with zero attached hydrogens (tertiary/aromatic N) is 1. The number of halogens is 1. The smallest absolute Gasteiger partial charge is 0.261 e. The highest BCUT2D eigenvalue weighted by Gasteiger charge is 2.27. The molecule has 0 unspecified atom stereocenters. The molecule has 7 heteroatoms. The first-order valence-corrected chi connectivity index (χ1v) is 10.3. The molecule has 0 spiro atoms. The summed E-state index contributed by atoms with van der Waals surface area (Å²) in [6.07, 6.45) is 0.810. The molecule has 6 nitrogen and oxygen atoms in total. The summed E-state index contributed by atoms with van der Waals surface area (Å²) in [5.41, 5.74) is 0.888. The Labute approximate surface area is 183 Å². The largest absolute Gasteiger partial charge is 0.497 e. The van der Waals surface area contributed by atoms with Crippen LogP contribution in [0.15, 0.2) is 48.5 Å². The zero-order valence-corrected chi connectivity index (χ0v) is 18.6. The van der Waals surface area contributed by atoms with Crippen molar-refractivity contribution in [3.63, 3.8) is 0 Å². The Morgan fingerprint density at radius 2 is 1.63 bits per heavy atom. The monoisotopic (exact) mass is 432 g/mol. The van der Waals surface area contributed by atoms with Crippen LogP contribution in [0.1, 0.15) is 32.8 Å². The summed E-state index contributed by atoms with van der Waals surface area (Å²) in [5.74, 6) is 0.782. The summed E-state index contributed by atoms with van der Waals surface area (Å²) < 4.78 is 10.8. The molecule has 0 bridgehead atoms. The van der Waals surface area contributed by atoms with Crippen LogP contribution in [-0.2, 0) is 16.1 Å². The lowest BCUT2D eigenvalue weighted by Gasteiger charge is -2.29. The molecule has 162 valence electrons. The number of carbonyl (C=O) groups is 2. The predicted molar refractivity (Wildman–Crippen MR) is 118 cm³/mol. The molecule has 0 aliphatic carbocycles. The summed E-state index contributed by atoms with van der Waals surface area (Å²) in [4.78, 5) is 27.2. The molecule has 0 fully saturated rings.